The van der Waals surface area contributed by atoms with E-state index < -0.39 is 0 Å². The molecule has 1 unspecified atom stereocenters. The zero-order chi connectivity index (χ0) is 19.1. The zero-order valence-corrected chi connectivity index (χ0v) is 16.3. The Labute approximate surface area is 164 Å². The van der Waals surface area contributed by atoms with Gasteiger partial charge >= 0.3 is 0 Å². The molecule has 5 rings (SSSR count). The van der Waals surface area contributed by atoms with Crippen molar-refractivity contribution in [1.82, 2.24) is 25.2 Å². The second-order valence-corrected chi connectivity index (χ2v) is 8.41. The Morgan fingerprint density at radius 2 is 1.93 bits per heavy atom. The first-order valence-electron chi connectivity index (χ1n) is 10.1. The minimum Gasteiger partial charge on any atom is -0.420 e. The molecule has 0 bridgehead atoms. The highest BCUT2D eigenvalue weighted by Gasteiger charge is 2.58. The maximum atomic E-state index is 6.00. The molecule has 1 saturated heterocycles. The van der Waals surface area contributed by atoms with E-state index in [1.165, 1.54) is 0 Å². The molecule has 0 amide bonds. The van der Waals surface area contributed by atoms with E-state index >= 15 is 0 Å². The summed E-state index contributed by atoms with van der Waals surface area (Å²) >= 11 is 0. The van der Waals surface area contributed by atoms with Crippen molar-refractivity contribution in [2.24, 2.45) is 5.41 Å². The summed E-state index contributed by atoms with van der Waals surface area (Å²) in [4.78, 5) is 6.90. The molecule has 1 atom stereocenters. The molecule has 3 aromatic rings. The Kier molecular flexibility index (Phi) is 4.27. The lowest BCUT2D eigenvalue weighted by molar-refractivity contribution is 0.144. The average molecular weight is 379 g/mol. The fourth-order valence-electron chi connectivity index (χ4n) is 4.24. The smallest absolute Gasteiger partial charge is 0.247 e. The predicted molar refractivity (Wildman–Crippen MR) is 102 cm³/mol. The summed E-state index contributed by atoms with van der Waals surface area (Å²) in [5, 5.41) is 12.7. The van der Waals surface area contributed by atoms with Crippen LogP contribution < -0.4 is 0 Å². The third kappa shape index (κ3) is 3.24. The normalized spacial score (nSPS) is 21.5. The van der Waals surface area contributed by atoms with Gasteiger partial charge in [-0.05, 0) is 49.9 Å². The number of aromatic nitrogens is 4. The highest BCUT2D eigenvalue weighted by molar-refractivity contribution is 5.51. The molecule has 7 heteroatoms. The topological polar surface area (TPSA) is 81.1 Å². The van der Waals surface area contributed by atoms with Gasteiger partial charge in [0.2, 0.25) is 17.7 Å². The van der Waals surface area contributed by atoms with E-state index in [1.807, 2.05) is 30.3 Å². The summed E-state index contributed by atoms with van der Waals surface area (Å²) in [5.41, 5.74) is 1.31. The minimum atomic E-state index is 0.296. The number of likely N-dealkylation sites (tertiary alicyclic amines) is 1. The van der Waals surface area contributed by atoms with Gasteiger partial charge in [0.15, 0.2) is 5.82 Å². The van der Waals surface area contributed by atoms with Gasteiger partial charge in [0, 0.05) is 17.4 Å². The lowest BCUT2D eigenvalue weighted by Crippen LogP contribution is -2.34. The van der Waals surface area contributed by atoms with Crippen molar-refractivity contribution in [2.75, 3.05) is 13.1 Å². The SMILES string of the molecule is CC(C)c1noc(CN2CCC3(CC2)CC3c2nnc(-c3ccccc3)o2)n1. The van der Waals surface area contributed by atoms with Crippen molar-refractivity contribution in [2.45, 2.75) is 51.5 Å². The fraction of sp³-hybridized carbons (Fsp3) is 0.524. The van der Waals surface area contributed by atoms with Crippen molar-refractivity contribution in [3.8, 4) is 11.5 Å². The summed E-state index contributed by atoms with van der Waals surface area (Å²) in [5.74, 6) is 3.62. The minimum absolute atomic E-state index is 0.296. The molecule has 28 heavy (non-hydrogen) atoms. The Morgan fingerprint density at radius 3 is 2.64 bits per heavy atom. The van der Waals surface area contributed by atoms with E-state index in [1.54, 1.807) is 0 Å². The highest BCUT2D eigenvalue weighted by atomic mass is 16.5. The molecular formula is C21H25N5O2. The fourth-order valence-corrected chi connectivity index (χ4v) is 4.24. The molecule has 1 aliphatic heterocycles. The monoisotopic (exact) mass is 379 g/mol. The lowest BCUT2D eigenvalue weighted by Gasteiger charge is -2.31. The van der Waals surface area contributed by atoms with Crippen LogP contribution in [-0.4, -0.2) is 38.3 Å². The highest BCUT2D eigenvalue weighted by Crippen LogP contribution is 2.64. The predicted octanol–water partition coefficient (Wildman–Crippen LogP) is 4.01. The number of benzene rings is 1. The van der Waals surface area contributed by atoms with E-state index in [0.717, 1.165) is 62.1 Å². The van der Waals surface area contributed by atoms with E-state index in [2.05, 4.69) is 39.1 Å². The van der Waals surface area contributed by atoms with Gasteiger partial charge in [-0.3, -0.25) is 4.90 Å². The summed E-state index contributed by atoms with van der Waals surface area (Å²) in [6.45, 7) is 6.96. The van der Waals surface area contributed by atoms with E-state index in [-0.39, 0.29) is 0 Å². The first-order chi connectivity index (χ1) is 13.6. The van der Waals surface area contributed by atoms with Crippen LogP contribution in [0, 0.1) is 5.41 Å². The molecular weight excluding hydrogens is 354 g/mol. The van der Waals surface area contributed by atoms with Crippen LogP contribution >= 0.6 is 0 Å². The van der Waals surface area contributed by atoms with Crippen molar-refractivity contribution in [3.05, 3.63) is 47.9 Å². The van der Waals surface area contributed by atoms with Crippen LogP contribution in [0.4, 0.5) is 0 Å². The van der Waals surface area contributed by atoms with E-state index in [9.17, 15) is 0 Å². The van der Waals surface area contributed by atoms with Crippen molar-refractivity contribution in [1.29, 1.82) is 0 Å². The van der Waals surface area contributed by atoms with Crippen molar-refractivity contribution >= 4 is 0 Å². The number of hydrogen-bond acceptors (Lipinski definition) is 7. The molecule has 1 aliphatic carbocycles. The molecule has 1 aromatic carbocycles. The second kappa shape index (κ2) is 6.81. The van der Waals surface area contributed by atoms with Gasteiger partial charge in [0.1, 0.15) is 0 Å². The molecule has 1 spiro atoms. The van der Waals surface area contributed by atoms with Crippen LogP contribution in [-0.2, 0) is 6.54 Å². The number of rotatable bonds is 5. The van der Waals surface area contributed by atoms with Crippen LogP contribution in [0.2, 0.25) is 0 Å². The molecule has 2 aliphatic rings. The summed E-state index contributed by atoms with van der Waals surface area (Å²) < 4.78 is 11.4. The van der Waals surface area contributed by atoms with Gasteiger partial charge in [-0.2, -0.15) is 4.98 Å². The molecule has 2 fully saturated rings. The summed E-state index contributed by atoms with van der Waals surface area (Å²) in [6.07, 6.45) is 3.44. The third-order valence-corrected chi connectivity index (χ3v) is 6.16. The molecule has 146 valence electrons. The summed E-state index contributed by atoms with van der Waals surface area (Å²) in [6, 6.07) is 9.96. The second-order valence-electron chi connectivity index (χ2n) is 8.41. The van der Waals surface area contributed by atoms with Gasteiger partial charge in [0.25, 0.3) is 0 Å². The van der Waals surface area contributed by atoms with E-state index in [0.29, 0.717) is 23.1 Å². The zero-order valence-electron chi connectivity index (χ0n) is 16.3. The standard InChI is InChI=1S/C21H25N5O2/c1-14(2)18-22-17(28-25-18)13-26-10-8-21(9-11-26)12-16(21)20-24-23-19(27-20)15-6-4-3-5-7-15/h3-7,14,16H,8-13H2,1-2H3. The van der Waals surface area contributed by atoms with Gasteiger partial charge < -0.3 is 8.94 Å². The Morgan fingerprint density at radius 1 is 1.14 bits per heavy atom. The molecule has 0 N–H and O–H groups in total. The third-order valence-electron chi connectivity index (χ3n) is 6.16. The molecule has 7 nitrogen and oxygen atoms in total. The van der Waals surface area contributed by atoms with Crippen LogP contribution in [0.3, 0.4) is 0 Å². The Balaban J connectivity index is 1.19. The van der Waals surface area contributed by atoms with E-state index in [4.69, 9.17) is 8.94 Å². The van der Waals surface area contributed by atoms with Gasteiger partial charge in [-0.25, -0.2) is 0 Å². The van der Waals surface area contributed by atoms with Crippen molar-refractivity contribution in [3.63, 3.8) is 0 Å². The van der Waals surface area contributed by atoms with Crippen molar-refractivity contribution < 1.29 is 8.94 Å². The van der Waals surface area contributed by atoms with Crippen LogP contribution in [0.25, 0.3) is 11.5 Å². The largest absolute Gasteiger partial charge is 0.420 e. The maximum absolute atomic E-state index is 6.00. The first kappa shape index (κ1) is 17.6. The van der Waals surface area contributed by atoms with Gasteiger partial charge in [0.05, 0.1) is 6.54 Å². The van der Waals surface area contributed by atoms with Crippen LogP contribution in [0.1, 0.15) is 62.6 Å². The quantitative estimate of drug-likeness (QED) is 0.662. The van der Waals surface area contributed by atoms with Gasteiger partial charge in [-0.1, -0.05) is 37.2 Å². The Hall–Kier alpha value is -2.54. The van der Waals surface area contributed by atoms with Gasteiger partial charge in [-0.15, -0.1) is 10.2 Å². The van der Waals surface area contributed by atoms with Crippen LogP contribution in [0.5, 0.6) is 0 Å². The van der Waals surface area contributed by atoms with Crippen LogP contribution in [0.15, 0.2) is 39.3 Å². The molecule has 3 heterocycles. The molecule has 0 radical (unpaired) electrons. The first-order valence-corrected chi connectivity index (χ1v) is 10.1. The number of hydrogen-bond donors (Lipinski definition) is 0. The molecule has 2 aromatic heterocycles. The number of nitrogens with zero attached hydrogens (tertiary/aromatic N) is 5. The maximum Gasteiger partial charge on any atom is 0.247 e. The molecule has 1 saturated carbocycles. The average Bonchev–Trinajstić information content (AvgIpc) is 3.08. The Bertz CT molecular complexity index is 941. The summed E-state index contributed by atoms with van der Waals surface area (Å²) in [7, 11) is 0. The number of piperidine rings is 1. The lowest BCUT2D eigenvalue weighted by atomic mass is 9.91.